The van der Waals surface area contributed by atoms with Crippen LogP contribution in [0.1, 0.15) is 18.5 Å². The van der Waals surface area contributed by atoms with E-state index in [1.54, 1.807) is 13.0 Å². The second-order valence-electron chi connectivity index (χ2n) is 2.80. The molecule has 0 bridgehead atoms. The molecule has 1 aromatic carbocycles. The summed E-state index contributed by atoms with van der Waals surface area (Å²) in [6, 6.07) is 2.56. The third-order valence-electron chi connectivity index (χ3n) is 1.76. The van der Waals surface area contributed by atoms with Crippen molar-refractivity contribution in [2.45, 2.75) is 13.0 Å². The highest BCUT2D eigenvalue weighted by atomic mass is 35.5. The molecule has 1 unspecified atom stereocenters. The average molecular weight is 204 g/mol. The van der Waals surface area contributed by atoms with Gasteiger partial charge in [-0.2, -0.15) is 0 Å². The van der Waals surface area contributed by atoms with Crippen molar-refractivity contribution >= 4 is 11.6 Å². The van der Waals surface area contributed by atoms with Crippen LogP contribution in [0.25, 0.3) is 0 Å². The summed E-state index contributed by atoms with van der Waals surface area (Å²) in [5, 5.41) is 0.0656. The summed E-state index contributed by atoms with van der Waals surface area (Å²) in [6.45, 7) is 1.74. The first-order valence-electron chi connectivity index (χ1n) is 3.84. The van der Waals surface area contributed by atoms with Crippen molar-refractivity contribution in [2.24, 2.45) is 5.73 Å². The van der Waals surface area contributed by atoms with Gasteiger partial charge in [-0.3, -0.25) is 0 Å². The van der Waals surface area contributed by atoms with E-state index in [0.29, 0.717) is 11.3 Å². The summed E-state index contributed by atoms with van der Waals surface area (Å²) >= 11 is 5.71. The molecule has 4 heteroatoms. The van der Waals surface area contributed by atoms with E-state index in [1.807, 2.05) is 0 Å². The minimum atomic E-state index is -0.506. The molecule has 0 aliphatic carbocycles. The molecule has 0 fully saturated rings. The maximum absolute atomic E-state index is 13.1. The van der Waals surface area contributed by atoms with Crippen LogP contribution in [0.2, 0.25) is 5.02 Å². The van der Waals surface area contributed by atoms with Crippen LogP contribution in [0.4, 0.5) is 4.39 Å². The van der Waals surface area contributed by atoms with Gasteiger partial charge in [0.15, 0.2) is 0 Å². The van der Waals surface area contributed by atoms with E-state index in [9.17, 15) is 4.39 Å². The molecule has 0 amide bonds. The normalized spacial score (nSPS) is 12.7. The van der Waals surface area contributed by atoms with Gasteiger partial charge in [-0.1, -0.05) is 11.6 Å². The number of hydrogen-bond acceptors (Lipinski definition) is 2. The highest BCUT2D eigenvalue weighted by molar-refractivity contribution is 6.31. The lowest BCUT2D eigenvalue weighted by molar-refractivity contribution is 0.410. The maximum Gasteiger partial charge on any atom is 0.145 e. The first-order valence-corrected chi connectivity index (χ1v) is 4.22. The van der Waals surface area contributed by atoms with Crippen molar-refractivity contribution in [1.29, 1.82) is 0 Å². The fourth-order valence-electron chi connectivity index (χ4n) is 1.03. The van der Waals surface area contributed by atoms with Crippen molar-refractivity contribution < 1.29 is 9.13 Å². The molecular formula is C9H11ClFNO. The van der Waals surface area contributed by atoms with Gasteiger partial charge in [0.1, 0.15) is 11.6 Å². The van der Waals surface area contributed by atoms with E-state index in [-0.39, 0.29) is 11.1 Å². The monoisotopic (exact) mass is 203 g/mol. The Balaban J connectivity index is 3.25. The minimum Gasteiger partial charge on any atom is -0.497 e. The number of rotatable bonds is 2. The lowest BCUT2D eigenvalue weighted by Crippen LogP contribution is -2.06. The molecule has 1 aromatic rings. The molecule has 0 aliphatic heterocycles. The molecule has 72 valence electrons. The van der Waals surface area contributed by atoms with Gasteiger partial charge < -0.3 is 10.5 Å². The molecule has 1 atom stereocenters. The van der Waals surface area contributed by atoms with E-state index in [4.69, 9.17) is 22.1 Å². The Morgan fingerprint density at radius 2 is 2.15 bits per heavy atom. The van der Waals surface area contributed by atoms with E-state index >= 15 is 0 Å². The molecule has 0 radical (unpaired) electrons. The molecular weight excluding hydrogens is 193 g/mol. The SMILES string of the molecule is COc1cc(F)c(Cl)c(C(C)N)c1. The van der Waals surface area contributed by atoms with Crippen LogP contribution in [0, 0.1) is 5.82 Å². The van der Waals surface area contributed by atoms with Gasteiger partial charge in [0.25, 0.3) is 0 Å². The van der Waals surface area contributed by atoms with Crippen LogP contribution in [-0.4, -0.2) is 7.11 Å². The summed E-state index contributed by atoms with van der Waals surface area (Å²) in [5.41, 5.74) is 6.15. The van der Waals surface area contributed by atoms with Crippen molar-refractivity contribution in [3.05, 3.63) is 28.5 Å². The summed E-state index contributed by atoms with van der Waals surface area (Å²) in [7, 11) is 1.47. The van der Waals surface area contributed by atoms with Crippen LogP contribution in [0.5, 0.6) is 5.75 Å². The summed E-state index contributed by atoms with van der Waals surface area (Å²) < 4.78 is 18.0. The van der Waals surface area contributed by atoms with Crippen LogP contribution in [0.15, 0.2) is 12.1 Å². The lowest BCUT2D eigenvalue weighted by atomic mass is 10.1. The number of halogens is 2. The Bertz CT molecular complexity index is 315. The third kappa shape index (κ3) is 2.11. The van der Waals surface area contributed by atoms with Crippen LogP contribution in [0.3, 0.4) is 0 Å². The Morgan fingerprint density at radius 1 is 1.54 bits per heavy atom. The number of hydrogen-bond donors (Lipinski definition) is 1. The molecule has 2 N–H and O–H groups in total. The van der Waals surface area contributed by atoms with Crippen LogP contribution >= 0.6 is 11.6 Å². The van der Waals surface area contributed by atoms with Crippen molar-refractivity contribution in [2.75, 3.05) is 7.11 Å². The zero-order valence-electron chi connectivity index (χ0n) is 7.47. The molecule has 0 spiro atoms. The Labute approximate surface area is 81.4 Å². The van der Waals surface area contributed by atoms with Gasteiger partial charge in [-0.15, -0.1) is 0 Å². The van der Waals surface area contributed by atoms with Gasteiger partial charge in [0.2, 0.25) is 0 Å². The van der Waals surface area contributed by atoms with Crippen molar-refractivity contribution in [3.8, 4) is 5.75 Å². The fraction of sp³-hybridized carbons (Fsp3) is 0.333. The van der Waals surface area contributed by atoms with Gasteiger partial charge >= 0.3 is 0 Å². The number of nitrogens with two attached hydrogens (primary N) is 1. The topological polar surface area (TPSA) is 35.2 Å². The van der Waals surface area contributed by atoms with Crippen LogP contribution < -0.4 is 10.5 Å². The highest BCUT2D eigenvalue weighted by Gasteiger charge is 2.12. The number of benzene rings is 1. The van der Waals surface area contributed by atoms with Crippen molar-refractivity contribution in [1.82, 2.24) is 0 Å². The Hall–Kier alpha value is -0.800. The predicted octanol–water partition coefficient (Wildman–Crippen LogP) is 2.51. The molecule has 0 aliphatic rings. The minimum absolute atomic E-state index is 0.0656. The third-order valence-corrected chi connectivity index (χ3v) is 2.15. The molecule has 0 aromatic heterocycles. The van der Waals surface area contributed by atoms with Gasteiger partial charge in [0, 0.05) is 12.1 Å². The molecule has 13 heavy (non-hydrogen) atoms. The van der Waals surface area contributed by atoms with E-state index in [0.717, 1.165) is 0 Å². The number of methoxy groups -OCH3 is 1. The summed E-state index contributed by atoms with van der Waals surface area (Å²) in [6.07, 6.45) is 0. The summed E-state index contributed by atoms with van der Waals surface area (Å²) in [5.74, 6) is -0.0810. The van der Waals surface area contributed by atoms with Gasteiger partial charge in [0.05, 0.1) is 12.1 Å². The lowest BCUT2D eigenvalue weighted by Gasteiger charge is -2.10. The molecule has 0 saturated heterocycles. The second kappa shape index (κ2) is 3.94. The van der Waals surface area contributed by atoms with Crippen molar-refractivity contribution in [3.63, 3.8) is 0 Å². The molecule has 0 saturated carbocycles. The van der Waals surface area contributed by atoms with Gasteiger partial charge in [-0.25, -0.2) is 4.39 Å². The van der Waals surface area contributed by atoms with Gasteiger partial charge in [-0.05, 0) is 18.6 Å². The average Bonchev–Trinajstić information content (AvgIpc) is 2.09. The number of ether oxygens (including phenoxy) is 1. The van der Waals surface area contributed by atoms with E-state index < -0.39 is 5.82 Å². The fourth-order valence-corrected chi connectivity index (χ4v) is 1.31. The smallest absolute Gasteiger partial charge is 0.145 e. The quantitative estimate of drug-likeness (QED) is 0.802. The second-order valence-corrected chi connectivity index (χ2v) is 3.18. The zero-order valence-corrected chi connectivity index (χ0v) is 8.23. The van der Waals surface area contributed by atoms with Crippen LogP contribution in [-0.2, 0) is 0 Å². The predicted molar refractivity (Wildman–Crippen MR) is 50.6 cm³/mol. The first-order chi connectivity index (χ1) is 6.06. The largest absolute Gasteiger partial charge is 0.497 e. The molecule has 1 rings (SSSR count). The van der Waals surface area contributed by atoms with E-state index in [2.05, 4.69) is 0 Å². The maximum atomic E-state index is 13.1. The highest BCUT2D eigenvalue weighted by Crippen LogP contribution is 2.29. The van der Waals surface area contributed by atoms with E-state index in [1.165, 1.54) is 13.2 Å². The summed E-state index contributed by atoms with van der Waals surface area (Å²) in [4.78, 5) is 0. The Kier molecular flexibility index (Phi) is 3.12. The molecule has 0 heterocycles. The standard InChI is InChI=1S/C9H11ClFNO/c1-5(12)7-3-6(13-2)4-8(11)9(7)10/h3-5H,12H2,1-2H3. The molecule has 2 nitrogen and oxygen atoms in total. The Morgan fingerprint density at radius 3 is 2.62 bits per heavy atom. The first kappa shape index (κ1) is 10.3. The zero-order chi connectivity index (χ0) is 10.0.